The second kappa shape index (κ2) is 5.99. The summed E-state index contributed by atoms with van der Waals surface area (Å²) in [6, 6.07) is 7.77. The maximum atomic E-state index is 12.5. The normalized spacial score (nSPS) is 15.5. The number of halogens is 1. The zero-order chi connectivity index (χ0) is 14.8. The molecule has 7 heteroatoms. The van der Waals surface area contributed by atoms with Gasteiger partial charge in [0.05, 0.1) is 6.04 Å². The van der Waals surface area contributed by atoms with E-state index in [2.05, 4.69) is 15.5 Å². The zero-order valence-corrected chi connectivity index (χ0v) is 13.1. The van der Waals surface area contributed by atoms with Crippen molar-refractivity contribution >= 4 is 34.1 Å². The summed E-state index contributed by atoms with van der Waals surface area (Å²) in [5, 5.41) is 11.6. The molecule has 0 aliphatic heterocycles. The molecule has 1 atom stereocenters. The van der Waals surface area contributed by atoms with Crippen LogP contribution < -0.4 is 5.32 Å². The Balaban J connectivity index is 1.77. The summed E-state index contributed by atoms with van der Waals surface area (Å²) < 4.78 is 0. The highest BCUT2D eigenvalue weighted by Crippen LogP contribution is 2.35. The molecule has 0 spiro atoms. The van der Waals surface area contributed by atoms with Gasteiger partial charge in [-0.25, -0.2) is 4.79 Å². The van der Waals surface area contributed by atoms with Gasteiger partial charge in [-0.3, -0.25) is 5.32 Å². The maximum absolute atomic E-state index is 12.5. The molecule has 1 N–H and O–H groups in total. The Morgan fingerprint density at radius 2 is 2.14 bits per heavy atom. The predicted octanol–water partition coefficient (Wildman–Crippen LogP) is 3.95. The van der Waals surface area contributed by atoms with Gasteiger partial charge in [0.1, 0.15) is 5.51 Å². The van der Waals surface area contributed by atoms with Crippen LogP contribution in [-0.2, 0) is 0 Å². The largest absolute Gasteiger partial charge is 0.324 e. The van der Waals surface area contributed by atoms with Crippen LogP contribution in [0.3, 0.4) is 0 Å². The lowest BCUT2D eigenvalue weighted by Gasteiger charge is -2.29. The minimum atomic E-state index is -0.128. The van der Waals surface area contributed by atoms with Gasteiger partial charge < -0.3 is 4.90 Å². The summed E-state index contributed by atoms with van der Waals surface area (Å²) in [6.07, 6.45) is 2.09. The first-order valence-corrected chi connectivity index (χ1v) is 8.02. The molecule has 0 unspecified atom stereocenters. The van der Waals surface area contributed by atoms with Crippen molar-refractivity contribution < 1.29 is 4.79 Å². The average molecular weight is 323 g/mol. The molecule has 0 saturated heterocycles. The predicted molar refractivity (Wildman–Crippen MR) is 83.7 cm³/mol. The lowest BCUT2D eigenvalue weighted by Crippen LogP contribution is -2.38. The molecule has 3 rings (SSSR count). The highest BCUT2D eigenvalue weighted by molar-refractivity contribution is 7.13. The first-order valence-electron chi connectivity index (χ1n) is 6.76. The van der Waals surface area contributed by atoms with Crippen molar-refractivity contribution in [2.75, 3.05) is 5.32 Å². The van der Waals surface area contributed by atoms with Crippen LogP contribution >= 0.6 is 22.9 Å². The molecule has 1 saturated carbocycles. The Bertz CT molecular complexity index is 612. The first kappa shape index (κ1) is 14.3. The molecule has 0 radical (unpaired) electrons. The Labute approximate surface area is 131 Å². The van der Waals surface area contributed by atoms with E-state index in [0.717, 1.165) is 18.4 Å². The van der Waals surface area contributed by atoms with E-state index in [4.69, 9.17) is 11.6 Å². The lowest BCUT2D eigenvalue weighted by molar-refractivity contribution is 0.189. The van der Waals surface area contributed by atoms with E-state index < -0.39 is 0 Å². The van der Waals surface area contributed by atoms with E-state index in [9.17, 15) is 4.79 Å². The summed E-state index contributed by atoms with van der Waals surface area (Å²) in [4.78, 5) is 14.4. The first-order chi connectivity index (χ1) is 10.1. The summed E-state index contributed by atoms with van der Waals surface area (Å²) >= 11 is 7.23. The van der Waals surface area contributed by atoms with Crippen LogP contribution in [0.2, 0.25) is 5.02 Å². The summed E-state index contributed by atoms with van der Waals surface area (Å²) in [6.45, 7) is 2.03. The number of rotatable bonds is 4. The van der Waals surface area contributed by atoms with Crippen LogP contribution in [0.15, 0.2) is 29.8 Å². The minimum Gasteiger partial charge on any atom is -0.315 e. The number of nitrogens with zero attached hydrogens (tertiary/aromatic N) is 3. The quantitative estimate of drug-likeness (QED) is 0.927. The Morgan fingerprint density at radius 1 is 1.43 bits per heavy atom. The minimum absolute atomic E-state index is 0.0114. The number of anilines is 1. The number of benzene rings is 1. The van der Waals surface area contributed by atoms with Gasteiger partial charge in [-0.05, 0) is 37.5 Å². The van der Waals surface area contributed by atoms with Gasteiger partial charge in [-0.1, -0.05) is 35.1 Å². The van der Waals surface area contributed by atoms with Gasteiger partial charge in [-0.2, -0.15) is 0 Å². The van der Waals surface area contributed by atoms with Crippen LogP contribution in [0.25, 0.3) is 0 Å². The number of aromatic nitrogens is 2. The van der Waals surface area contributed by atoms with Crippen molar-refractivity contribution in [2.45, 2.75) is 31.8 Å². The molecule has 2 amide bonds. The Kier molecular flexibility index (Phi) is 4.07. The van der Waals surface area contributed by atoms with Crippen LogP contribution in [0, 0.1) is 0 Å². The Morgan fingerprint density at radius 3 is 2.71 bits per heavy atom. The van der Waals surface area contributed by atoms with Crippen molar-refractivity contribution in [3.05, 3.63) is 40.4 Å². The van der Waals surface area contributed by atoms with Crippen LogP contribution in [0.1, 0.15) is 31.4 Å². The fourth-order valence-electron chi connectivity index (χ4n) is 2.30. The van der Waals surface area contributed by atoms with Crippen molar-refractivity contribution in [1.29, 1.82) is 0 Å². The monoisotopic (exact) mass is 322 g/mol. The number of carbonyl (C=O) groups excluding carboxylic acids is 1. The van der Waals surface area contributed by atoms with E-state index in [1.54, 1.807) is 5.51 Å². The number of hydrogen-bond donors (Lipinski definition) is 1. The molecular weight excluding hydrogens is 308 g/mol. The third-order valence-corrected chi connectivity index (χ3v) is 4.38. The number of amides is 2. The van der Waals surface area contributed by atoms with E-state index in [-0.39, 0.29) is 12.1 Å². The molecule has 5 nitrogen and oxygen atoms in total. The summed E-state index contributed by atoms with van der Waals surface area (Å²) in [5.74, 6) is 0. The van der Waals surface area contributed by atoms with Crippen molar-refractivity contribution in [1.82, 2.24) is 15.1 Å². The van der Waals surface area contributed by atoms with E-state index >= 15 is 0 Å². The number of urea groups is 1. The topological polar surface area (TPSA) is 58.1 Å². The molecule has 1 aliphatic rings. The molecule has 1 heterocycles. The number of hydrogen-bond acceptors (Lipinski definition) is 4. The van der Waals surface area contributed by atoms with Gasteiger partial charge in [0, 0.05) is 11.1 Å². The van der Waals surface area contributed by atoms with Gasteiger partial charge >= 0.3 is 6.03 Å². The van der Waals surface area contributed by atoms with E-state index in [1.165, 1.54) is 11.3 Å². The fraction of sp³-hybridized carbons (Fsp3) is 0.357. The second-order valence-corrected chi connectivity index (χ2v) is 6.31. The van der Waals surface area contributed by atoms with Gasteiger partial charge in [-0.15, -0.1) is 10.2 Å². The Hall–Kier alpha value is -1.66. The van der Waals surface area contributed by atoms with E-state index in [1.807, 2.05) is 36.1 Å². The zero-order valence-electron chi connectivity index (χ0n) is 11.5. The molecule has 110 valence electrons. The molecular formula is C14H15ClN4OS. The smallest absolute Gasteiger partial charge is 0.315 e. The van der Waals surface area contributed by atoms with Crippen molar-refractivity contribution in [3.63, 3.8) is 0 Å². The third kappa shape index (κ3) is 3.33. The van der Waals surface area contributed by atoms with Crippen molar-refractivity contribution in [2.24, 2.45) is 0 Å². The second-order valence-electron chi connectivity index (χ2n) is 5.04. The van der Waals surface area contributed by atoms with Crippen LogP contribution in [0.4, 0.5) is 9.93 Å². The standard InChI is InChI=1S/C14H15ClN4OS/c1-9(10-2-4-11(15)5-3-10)19(12-6-7-12)14(20)17-13-18-16-8-21-13/h2-5,8-9,12H,6-7H2,1H3,(H,17,18,20)/t9-/m0/s1. The highest BCUT2D eigenvalue weighted by atomic mass is 35.5. The molecule has 1 aromatic heterocycles. The molecule has 0 bridgehead atoms. The third-order valence-electron chi connectivity index (χ3n) is 3.52. The maximum Gasteiger partial charge on any atom is 0.324 e. The van der Waals surface area contributed by atoms with Crippen molar-refractivity contribution in [3.8, 4) is 0 Å². The van der Waals surface area contributed by atoms with Gasteiger partial charge in [0.15, 0.2) is 0 Å². The fourth-order valence-corrected chi connectivity index (χ4v) is 2.86. The van der Waals surface area contributed by atoms with Gasteiger partial charge in [0.25, 0.3) is 0 Å². The summed E-state index contributed by atoms with van der Waals surface area (Å²) in [7, 11) is 0. The molecule has 1 fully saturated rings. The number of nitrogens with one attached hydrogen (secondary N) is 1. The molecule has 21 heavy (non-hydrogen) atoms. The van der Waals surface area contributed by atoms with Crippen LogP contribution in [-0.4, -0.2) is 27.2 Å². The molecule has 1 aromatic carbocycles. The highest BCUT2D eigenvalue weighted by Gasteiger charge is 2.36. The molecule has 2 aromatic rings. The molecule has 1 aliphatic carbocycles. The van der Waals surface area contributed by atoms with Crippen LogP contribution in [0.5, 0.6) is 0 Å². The van der Waals surface area contributed by atoms with E-state index in [0.29, 0.717) is 16.2 Å². The average Bonchev–Trinajstić information content (AvgIpc) is 3.16. The lowest BCUT2D eigenvalue weighted by atomic mass is 10.1. The summed E-state index contributed by atoms with van der Waals surface area (Å²) in [5.41, 5.74) is 2.67. The SMILES string of the molecule is C[C@@H](c1ccc(Cl)cc1)N(C(=O)Nc1nncs1)C1CC1. The number of carbonyl (C=O) groups is 1. The van der Waals surface area contributed by atoms with Gasteiger partial charge in [0.2, 0.25) is 5.13 Å².